The average Bonchev–Trinajstić information content (AvgIpc) is 2.47. The van der Waals surface area contributed by atoms with Gasteiger partial charge >= 0.3 is 0 Å². The zero-order valence-corrected chi connectivity index (χ0v) is 10.3. The third kappa shape index (κ3) is 2.59. The summed E-state index contributed by atoms with van der Waals surface area (Å²) in [5.74, 6) is 0.722. The van der Waals surface area contributed by atoms with Crippen LogP contribution in [0.25, 0.3) is 0 Å². The van der Waals surface area contributed by atoms with Gasteiger partial charge in [0.15, 0.2) is 4.67 Å². The predicted molar refractivity (Wildman–Crippen MR) is 60.8 cm³/mol. The first kappa shape index (κ1) is 11.8. The molecular weight excluding hydrogens is 244 g/mol. The third-order valence-corrected chi connectivity index (χ3v) is 2.74. The van der Waals surface area contributed by atoms with Gasteiger partial charge in [0.1, 0.15) is 5.76 Å². The highest BCUT2D eigenvalue weighted by molar-refractivity contribution is 9.10. The Morgan fingerprint density at radius 2 is 1.86 bits per heavy atom. The number of furan rings is 1. The van der Waals surface area contributed by atoms with E-state index < -0.39 is 0 Å². The molecule has 1 aromatic rings. The number of hydrogen-bond acceptors (Lipinski definition) is 3. The zero-order chi connectivity index (χ0) is 10.9. The van der Waals surface area contributed by atoms with Gasteiger partial charge in [-0.2, -0.15) is 0 Å². The van der Waals surface area contributed by atoms with E-state index in [0.29, 0.717) is 4.67 Å². The van der Waals surface area contributed by atoms with Gasteiger partial charge < -0.3 is 15.9 Å². The van der Waals surface area contributed by atoms with E-state index in [1.165, 1.54) is 0 Å². The Morgan fingerprint density at radius 3 is 2.21 bits per heavy atom. The fourth-order valence-electron chi connectivity index (χ4n) is 1.22. The summed E-state index contributed by atoms with van der Waals surface area (Å²) in [6, 6.07) is 3.28. The van der Waals surface area contributed by atoms with Crippen LogP contribution in [-0.4, -0.2) is 6.04 Å². The van der Waals surface area contributed by atoms with Gasteiger partial charge in [0.05, 0.1) is 6.04 Å². The molecule has 0 aliphatic carbocycles. The monoisotopic (exact) mass is 260 g/mol. The lowest BCUT2D eigenvalue weighted by Crippen LogP contribution is -2.43. The molecule has 0 saturated heterocycles. The van der Waals surface area contributed by atoms with Crippen molar-refractivity contribution < 1.29 is 4.42 Å². The highest BCUT2D eigenvalue weighted by Crippen LogP contribution is 2.28. The first-order valence-corrected chi connectivity index (χ1v) is 5.38. The summed E-state index contributed by atoms with van der Waals surface area (Å²) in [5, 5.41) is 0. The van der Waals surface area contributed by atoms with E-state index in [2.05, 4.69) is 36.7 Å². The molecule has 0 aromatic carbocycles. The number of rotatable bonds is 2. The molecule has 4 heteroatoms. The molecule has 1 aromatic heterocycles. The van der Waals surface area contributed by atoms with Gasteiger partial charge in [0.25, 0.3) is 0 Å². The van der Waals surface area contributed by atoms with Gasteiger partial charge in [0.2, 0.25) is 0 Å². The fourth-order valence-corrected chi connectivity index (χ4v) is 1.54. The van der Waals surface area contributed by atoms with Gasteiger partial charge in [-0.25, -0.2) is 0 Å². The Balaban J connectivity index is 2.80. The second-order valence-electron chi connectivity index (χ2n) is 4.56. The molecule has 1 rings (SSSR count). The second-order valence-corrected chi connectivity index (χ2v) is 5.34. The van der Waals surface area contributed by atoms with Crippen LogP contribution in [0.5, 0.6) is 0 Å². The summed E-state index contributed by atoms with van der Waals surface area (Å²) in [5.41, 5.74) is 12.0. The Hall–Kier alpha value is -0.320. The molecule has 80 valence electrons. The van der Waals surface area contributed by atoms with Crippen LogP contribution < -0.4 is 11.5 Å². The van der Waals surface area contributed by atoms with Crippen LogP contribution in [0.1, 0.15) is 32.6 Å². The molecule has 0 aliphatic heterocycles. The maximum absolute atomic E-state index is 6.04. The first-order valence-electron chi connectivity index (χ1n) is 4.59. The summed E-state index contributed by atoms with van der Waals surface area (Å²) in [6.45, 7) is 6.19. The predicted octanol–water partition coefficient (Wildman–Crippen LogP) is 2.42. The number of hydrogen-bond donors (Lipinski definition) is 2. The van der Waals surface area contributed by atoms with Gasteiger partial charge in [0, 0.05) is 6.04 Å². The van der Waals surface area contributed by atoms with Crippen molar-refractivity contribution in [2.75, 3.05) is 0 Å². The quantitative estimate of drug-likeness (QED) is 0.859. The summed E-state index contributed by atoms with van der Waals surface area (Å²) in [7, 11) is 0. The van der Waals surface area contributed by atoms with Crippen molar-refractivity contribution in [1.82, 2.24) is 0 Å². The SMILES string of the molecule is CC(C)(C)C(N)C(N)c1ccc(Br)o1. The highest BCUT2D eigenvalue weighted by atomic mass is 79.9. The van der Waals surface area contributed by atoms with Crippen LogP contribution in [0.3, 0.4) is 0 Å². The molecular formula is C10H17BrN2O. The highest BCUT2D eigenvalue weighted by Gasteiger charge is 2.29. The van der Waals surface area contributed by atoms with Crippen LogP contribution in [0.4, 0.5) is 0 Å². The molecule has 1 heterocycles. The molecule has 0 aliphatic rings. The van der Waals surface area contributed by atoms with Crippen LogP contribution in [0, 0.1) is 5.41 Å². The molecule has 0 amide bonds. The van der Waals surface area contributed by atoms with E-state index in [9.17, 15) is 0 Å². The summed E-state index contributed by atoms with van der Waals surface area (Å²) in [4.78, 5) is 0. The topological polar surface area (TPSA) is 65.2 Å². The summed E-state index contributed by atoms with van der Waals surface area (Å²) < 4.78 is 6.06. The van der Waals surface area contributed by atoms with Crippen molar-refractivity contribution in [3.8, 4) is 0 Å². The number of halogens is 1. The van der Waals surface area contributed by atoms with Crippen molar-refractivity contribution >= 4 is 15.9 Å². The fraction of sp³-hybridized carbons (Fsp3) is 0.600. The Kier molecular flexibility index (Phi) is 3.40. The first-order chi connectivity index (χ1) is 6.32. The van der Waals surface area contributed by atoms with Crippen LogP contribution >= 0.6 is 15.9 Å². The molecule has 14 heavy (non-hydrogen) atoms. The zero-order valence-electron chi connectivity index (χ0n) is 8.75. The van der Waals surface area contributed by atoms with E-state index in [4.69, 9.17) is 15.9 Å². The Bertz CT molecular complexity index is 303. The van der Waals surface area contributed by atoms with Gasteiger partial charge in [-0.15, -0.1) is 0 Å². The van der Waals surface area contributed by atoms with E-state index in [-0.39, 0.29) is 17.5 Å². The summed E-state index contributed by atoms with van der Waals surface area (Å²) >= 11 is 3.24. The molecule has 0 fully saturated rings. The maximum Gasteiger partial charge on any atom is 0.169 e. The number of nitrogens with two attached hydrogens (primary N) is 2. The van der Waals surface area contributed by atoms with Crippen molar-refractivity contribution in [3.05, 3.63) is 22.6 Å². The molecule has 0 radical (unpaired) electrons. The van der Waals surface area contributed by atoms with Crippen molar-refractivity contribution in [1.29, 1.82) is 0 Å². The lowest BCUT2D eigenvalue weighted by atomic mass is 9.82. The molecule has 0 spiro atoms. The average molecular weight is 261 g/mol. The van der Waals surface area contributed by atoms with Gasteiger partial charge in [-0.1, -0.05) is 20.8 Å². The molecule has 2 atom stereocenters. The lowest BCUT2D eigenvalue weighted by Gasteiger charge is -2.30. The molecule has 0 bridgehead atoms. The smallest absolute Gasteiger partial charge is 0.169 e. The largest absolute Gasteiger partial charge is 0.453 e. The normalized spacial score (nSPS) is 16.7. The van der Waals surface area contributed by atoms with Crippen LogP contribution in [0.15, 0.2) is 21.2 Å². The van der Waals surface area contributed by atoms with Gasteiger partial charge in [-0.05, 0) is 33.5 Å². The van der Waals surface area contributed by atoms with Crippen molar-refractivity contribution in [3.63, 3.8) is 0 Å². The van der Waals surface area contributed by atoms with E-state index in [1.807, 2.05) is 12.1 Å². The maximum atomic E-state index is 6.04. The Morgan fingerprint density at radius 1 is 1.29 bits per heavy atom. The third-order valence-electron chi connectivity index (χ3n) is 2.31. The Labute approximate surface area is 93.0 Å². The van der Waals surface area contributed by atoms with E-state index >= 15 is 0 Å². The standard InChI is InChI=1S/C10H17BrN2O/c1-10(2,3)9(13)8(12)6-4-5-7(11)14-6/h4-5,8-9H,12-13H2,1-3H3. The summed E-state index contributed by atoms with van der Waals surface area (Å²) in [6.07, 6.45) is 0. The molecule has 0 saturated carbocycles. The molecule has 2 unspecified atom stereocenters. The van der Waals surface area contributed by atoms with E-state index in [0.717, 1.165) is 5.76 Å². The van der Waals surface area contributed by atoms with Crippen molar-refractivity contribution in [2.45, 2.75) is 32.9 Å². The van der Waals surface area contributed by atoms with Crippen LogP contribution in [-0.2, 0) is 0 Å². The lowest BCUT2D eigenvalue weighted by molar-refractivity contribution is 0.261. The van der Waals surface area contributed by atoms with E-state index in [1.54, 1.807) is 0 Å². The molecule has 4 N–H and O–H groups in total. The minimum Gasteiger partial charge on any atom is -0.453 e. The second kappa shape index (κ2) is 4.04. The molecule has 3 nitrogen and oxygen atoms in total. The van der Waals surface area contributed by atoms with Gasteiger partial charge in [-0.3, -0.25) is 0 Å². The minimum absolute atomic E-state index is 0.0291. The van der Waals surface area contributed by atoms with Crippen LogP contribution in [0.2, 0.25) is 0 Å². The minimum atomic E-state index is -0.263. The van der Waals surface area contributed by atoms with Crippen molar-refractivity contribution in [2.24, 2.45) is 16.9 Å².